The molecule has 3 unspecified atom stereocenters. The highest BCUT2D eigenvalue weighted by Crippen LogP contribution is 2.40. The van der Waals surface area contributed by atoms with Gasteiger partial charge >= 0.3 is 22.3 Å². The van der Waals surface area contributed by atoms with Gasteiger partial charge in [0, 0.05) is 18.5 Å². The Bertz CT molecular complexity index is 758. The van der Waals surface area contributed by atoms with Gasteiger partial charge in [0.25, 0.3) is 0 Å². The zero-order chi connectivity index (χ0) is 20.2. The summed E-state index contributed by atoms with van der Waals surface area (Å²) >= 11 is 0. The molecule has 150 valence electrons. The highest BCUT2D eigenvalue weighted by atomic mass is 32.3. The summed E-state index contributed by atoms with van der Waals surface area (Å²) in [6, 6.07) is 9.36. The van der Waals surface area contributed by atoms with E-state index in [9.17, 15) is 9.59 Å². The van der Waals surface area contributed by atoms with Crippen molar-refractivity contribution in [3.05, 3.63) is 35.9 Å². The maximum Gasteiger partial charge on any atom is 0.394 e. The first kappa shape index (κ1) is 21.3. The van der Waals surface area contributed by atoms with Crippen molar-refractivity contribution < 1.29 is 36.6 Å². The van der Waals surface area contributed by atoms with Crippen LogP contribution < -0.4 is 0 Å². The van der Waals surface area contributed by atoms with Crippen LogP contribution in [-0.2, 0) is 24.7 Å². The number of nitrogens with zero attached hydrogens (tertiary/aromatic N) is 1. The Hall–Kier alpha value is -2.01. The minimum atomic E-state index is -4.67. The number of carbonyl (C=O) groups is 2. The van der Waals surface area contributed by atoms with Gasteiger partial charge in [0.15, 0.2) is 0 Å². The van der Waals surface area contributed by atoms with E-state index in [0.29, 0.717) is 18.0 Å². The van der Waals surface area contributed by atoms with Crippen molar-refractivity contribution in [3.63, 3.8) is 0 Å². The second-order valence-corrected chi connectivity index (χ2v) is 7.40. The van der Waals surface area contributed by atoms with Crippen molar-refractivity contribution in [2.24, 2.45) is 5.92 Å². The van der Waals surface area contributed by atoms with Gasteiger partial charge in [-0.2, -0.15) is 8.42 Å². The molecule has 0 saturated carbocycles. The van der Waals surface area contributed by atoms with Gasteiger partial charge in [0.05, 0.1) is 12.7 Å². The second-order valence-electron chi connectivity index (χ2n) is 6.51. The van der Waals surface area contributed by atoms with E-state index in [4.69, 9.17) is 27.0 Å². The highest BCUT2D eigenvalue weighted by Gasteiger charge is 2.50. The molecule has 2 bridgehead atoms. The van der Waals surface area contributed by atoms with Crippen LogP contribution in [0.25, 0.3) is 0 Å². The summed E-state index contributed by atoms with van der Waals surface area (Å²) in [6.45, 7) is 0. The van der Waals surface area contributed by atoms with Gasteiger partial charge in [0.1, 0.15) is 12.0 Å². The molecule has 1 aromatic carbocycles. The predicted molar refractivity (Wildman–Crippen MR) is 94.5 cm³/mol. The Morgan fingerprint density at radius 1 is 1.15 bits per heavy atom. The van der Waals surface area contributed by atoms with Gasteiger partial charge in [-0.25, -0.2) is 4.79 Å². The Labute approximate surface area is 157 Å². The molecule has 2 aliphatic heterocycles. The Kier molecular flexibility index (Phi) is 6.93. The first-order valence-corrected chi connectivity index (χ1v) is 9.77. The normalized spacial score (nSPS) is 27.3. The van der Waals surface area contributed by atoms with Gasteiger partial charge in [-0.3, -0.25) is 18.8 Å². The van der Waals surface area contributed by atoms with E-state index in [1.54, 1.807) is 24.3 Å². The lowest BCUT2D eigenvalue weighted by atomic mass is 9.87. The van der Waals surface area contributed by atoms with E-state index in [-0.39, 0.29) is 18.0 Å². The topological polar surface area (TPSA) is 130 Å². The largest absolute Gasteiger partial charge is 0.469 e. The number of piperidine rings is 1. The maximum atomic E-state index is 12.3. The van der Waals surface area contributed by atoms with Gasteiger partial charge in [0.2, 0.25) is 0 Å². The molecule has 0 aliphatic carbocycles. The van der Waals surface area contributed by atoms with Crippen LogP contribution in [0, 0.1) is 5.92 Å². The number of carbonyl (C=O) groups excluding carboxylic acids is 2. The van der Waals surface area contributed by atoms with Gasteiger partial charge in [-0.15, -0.1) is 0 Å². The summed E-state index contributed by atoms with van der Waals surface area (Å²) in [5.74, 6) is -1.06. The van der Waals surface area contributed by atoms with E-state index >= 15 is 0 Å². The Morgan fingerprint density at radius 2 is 1.74 bits per heavy atom. The van der Waals surface area contributed by atoms with E-state index in [0.717, 1.165) is 12.8 Å². The Balaban J connectivity index is 0.000000465. The van der Waals surface area contributed by atoms with Crippen molar-refractivity contribution in [3.8, 4) is 0 Å². The molecule has 3 rings (SSSR count). The molecule has 2 fully saturated rings. The van der Waals surface area contributed by atoms with Crippen LogP contribution in [-0.4, -0.2) is 66.7 Å². The van der Waals surface area contributed by atoms with E-state index < -0.39 is 22.4 Å². The lowest BCUT2D eigenvalue weighted by Crippen LogP contribution is -2.53. The number of fused-ring (bicyclic) bond motifs is 2. The highest BCUT2D eigenvalue weighted by molar-refractivity contribution is 7.79. The number of hydrogen-bond donors (Lipinski definition) is 2. The minimum Gasteiger partial charge on any atom is -0.469 e. The van der Waals surface area contributed by atoms with Gasteiger partial charge in [-0.1, -0.05) is 18.2 Å². The average molecular weight is 401 g/mol. The zero-order valence-electron chi connectivity index (χ0n) is 15.0. The second kappa shape index (κ2) is 8.79. The molecular formula is C17H23NO8S. The molecular weight excluding hydrogens is 378 g/mol. The molecule has 27 heavy (non-hydrogen) atoms. The van der Waals surface area contributed by atoms with Crippen LogP contribution in [0.4, 0.5) is 0 Å². The van der Waals surface area contributed by atoms with Crippen molar-refractivity contribution >= 4 is 22.3 Å². The first-order valence-electron chi connectivity index (χ1n) is 8.37. The standard InChI is InChI=1S/C17H21NO4.H2O4S/c1-18-12-8-9-13(18)15(17(20)21-2)14(10-12)22-16(19)11-6-4-3-5-7-11;1-5(2,3)4/h3-7,12-15H,8-10H2,1-2H3;(H2,1,2,3,4)/t12?,13-,14?,15?;/m1./s1. The molecule has 0 spiro atoms. The SMILES string of the molecule is COC(=O)C1C(OC(=O)c2ccccc2)CC2CC[C@H]1N2C.O=S(=O)(O)O. The predicted octanol–water partition coefficient (Wildman–Crippen LogP) is 1.21. The van der Waals surface area contributed by atoms with Gasteiger partial charge < -0.3 is 9.47 Å². The Morgan fingerprint density at radius 3 is 2.30 bits per heavy atom. The fourth-order valence-electron chi connectivity index (χ4n) is 3.77. The summed E-state index contributed by atoms with van der Waals surface area (Å²) in [5, 5.41) is 0. The molecule has 2 aliphatic rings. The summed E-state index contributed by atoms with van der Waals surface area (Å²) in [7, 11) is -1.24. The smallest absolute Gasteiger partial charge is 0.394 e. The summed E-state index contributed by atoms with van der Waals surface area (Å²) in [4.78, 5) is 26.7. The van der Waals surface area contributed by atoms with Gasteiger partial charge in [-0.05, 0) is 32.0 Å². The fourth-order valence-corrected chi connectivity index (χ4v) is 3.77. The number of hydrogen-bond acceptors (Lipinski definition) is 7. The fraction of sp³-hybridized carbons (Fsp3) is 0.529. The maximum absolute atomic E-state index is 12.3. The van der Waals surface area contributed by atoms with Crippen molar-refractivity contribution in [1.29, 1.82) is 0 Å². The van der Waals surface area contributed by atoms with Crippen LogP contribution in [0.5, 0.6) is 0 Å². The van der Waals surface area contributed by atoms with E-state index in [1.807, 2.05) is 13.1 Å². The molecule has 1 aromatic rings. The quantitative estimate of drug-likeness (QED) is 0.567. The van der Waals surface area contributed by atoms with Crippen molar-refractivity contribution in [1.82, 2.24) is 4.90 Å². The lowest BCUT2D eigenvalue weighted by molar-refractivity contribution is -0.156. The monoisotopic (exact) mass is 401 g/mol. The molecule has 9 nitrogen and oxygen atoms in total. The number of benzene rings is 1. The van der Waals surface area contributed by atoms with Crippen LogP contribution in [0.2, 0.25) is 0 Å². The van der Waals surface area contributed by atoms with Crippen molar-refractivity contribution in [2.45, 2.75) is 37.5 Å². The van der Waals surface area contributed by atoms with Crippen molar-refractivity contribution in [2.75, 3.05) is 14.2 Å². The van der Waals surface area contributed by atoms with E-state index in [2.05, 4.69) is 4.90 Å². The number of ether oxygens (including phenoxy) is 2. The molecule has 4 atom stereocenters. The molecule has 0 amide bonds. The average Bonchev–Trinajstić information content (AvgIpc) is 2.84. The molecule has 0 radical (unpaired) electrons. The minimum absolute atomic E-state index is 0.0970. The van der Waals surface area contributed by atoms with Crippen LogP contribution in [0.1, 0.15) is 29.6 Å². The molecule has 0 aromatic heterocycles. The summed E-state index contributed by atoms with van der Waals surface area (Å²) < 4.78 is 42.2. The number of rotatable bonds is 3. The first-order chi connectivity index (χ1) is 12.6. The molecule has 10 heteroatoms. The lowest BCUT2D eigenvalue weighted by Gasteiger charge is -2.40. The van der Waals surface area contributed by atoms with Crippen LogP contribution in [0.3, 0.4) is 0 Å². The molecule has 2 N–H and O–H groups in total. The number of methoxy groups -OCH3 is 1. The zero-order valence-corrected chi connectivity index (χ0v) is 15.8. The third kappa shape index (κ3) is 5.73. The third-order valence-corrected chi connectivity index (χ3v) is 4.96. The van der Waals surface area contributed by atoms with Crippen LogP contribution >= 0.6 is 0 Å². The number of esters is 2. The molecule has 2 saturated heterocycles. The van der Waals surface area contributed by atoms with E-state index in [1.165, 1.54) is 7.11 Å². The third-order valence-electron chi connectivity index (χ3n) is 4.96. The summed E-state index contributed by atoms with van der Waals surface area (Å²) in [5.41, 5.74) is 0.511. The van der Waals surface area contributed by atoms with Crippen LogP contribution in [0.15, 0.2) is 30.3 Å². The molecule has 2 heterocycles. The summed E-state index contributed by atoms with van der Waals surface area (Å²) in [6.07, 6.45) is 2.26.